The van der Waals surface area contributed by atoms with Crippen LogP contribution < -0.4 is 31.3 Å². The van der Waals surface area contributed by atoms with Crippen molar-refractivity contribution in [3.63, 3.8) is 0 Å². The predicted octanol–water partition coefficient (Wildman–Crippen LogP) is 5.54. The number of thiazole rings is 2. The van der Waals surface area contributed by atoms with Gasteiger partial charge in [-0.05, 0) is 65.6 Å². The maximum absolute atomic E-state index is 14.0. The number of ether oxygens (including phenoxy) is 1. The molecule has 402 valence electrons. The van der Waals surface area contributed by atoms with E-state index in [1.54, 1.807) is 34.5 Å². The average Bonchev–Trinajstić information content (AvgIpc) is 4.24. The van der Waals surface area contributed by atoms with Crippen LogP contribution in [0, 0.1) is 12.3 Å². The number of aryl methyl sites for hydroxylation is 1. The molecule has 0 radical (unpaired) electrons. The molecule has 0 unspecified atom stereocenters. The molecule has 20 nitrogen and oxygen atoms in total. The van der Waals surface area contributed by atoms with E-state index in [1.165, 1.54) is 34.7 Å². The summed E-state index contributed by atoms with van der Waals surface area (Å²) in [4.78, 5) is 94.0. The molecule has 2 aromatic carbocycles. The van der Waals surface area contributed by atoms with Gasteiger partial charge in [0.1, 0.15) is 18.7 Å². The Kier molecular flexibility index (Phi) is 18.9. The number of amides is 6. The van der Waals surface area contributed by atoms with E-state index >= 15 is 0 Å². The summed E-state index contributed by atoms with van der Waals surface area (Å²) in [6.45, 7) is 7.77. The number of aliphatic hydroxyl groups is 1. The molecular weight excluding hydrogens is 1030 g/mol. The highest BCUT2D eigenvalue weighted by atomic mass is 32.2. The minimum absolute atomic E-state index is 0.0219. The number of β-amino-alcohol motifs (C(OH)–C–C–N with tert-alkyl or cyclic N) is 1. The Morgan fingerprint density at radius 1 is 0.855 bits per heavy atom. The number of carbonyl (C=O) groups is 6. The zero-order valence-electron chi connectivity index (χ0n) is 42.8. The molecule has 1 fully saturated rings. The van der Waals surface area contributed by atoms with Crippen LogP contribution in [0.3, 0.4) is 0 Å². The van der Waals surface area contributed by atoms with Gasteiger partial charge in [0.05, 0.1) is 52.8 Å². The second-order valence-electron chi connectivity index (χ2n) is 19.4. The van der Waals surface area contributed by atoms with E-state index in [9.17, 15) is 42.3 Å². The van der Waals surface area contributed by atoms with Crippen LogP contribution in [-0.2, 0) is 40.5 Å². The van der Waals surface area contributed by atoms with E-state index in [4.69, 9.17) is 4.74 Å². The molecule has 1 aliphatic rings. The van der Waals surface area contributed by atoms with Crippen molar-refractivity contribution >= 4 is 73.3 Å². The Hall–Kier alpha value is -7.34. The molecular formula is C53H62N10O10S3. The van der Waals surface area contributed by atoms with Crippen LogP contribution >= 0.6 is 22.7 Å². The third kappa shape index (κ3) is 15.6. The molecule has 5 heterocycles. The van der Waals surface area contributed by atoms with E-state index in [2.05, 4.69) is 41.5 Å². The highest BCUT2D eigenvalue weighted by Gasteiger charge is 2.44. The molecule has 0 bridgehead atoms. The third-order valence-corrected chi connectivity index (χ3v) is 15.1. The lowest BCUT2D eigenvalue weighted by Gasteiger charge is -2.35. The van der Waals surface area contributed by atoms with Crippen LogP contribution in [-0.4, -0.2) is 123 Å². The summed E-state index contributed by atoms with van der Waals surface area (Å²) in [5.74, 6) is -2.03. The number of likely N-dealkylation sites (tertiary alicyclic amines) is 1. The Bertz CT molecular complexity index is 3150. The quantitative estimate of drug-likeness (QED) is 0.0431. The summed E-state index contributed by atoms with van der Waals surface area (Å²) in [7, 11) is -3.55. The van der Waals surface area contributed by atoms with Gasteiger partial charge in [-0.25, -0.2) is 23.4 Å². The molecule has 6 amide bonds. The van der Waals surface area contributed by atoms with Gasteiger partial charge in [-0.1, -0.05) is 69.7 Å². The Labute approximate surface area is 449 Å². The average molecular weight is 1100 g/mol. The van der Waals surface area contributed by atoms with Gasteiger partial charge in [-0.15, -0.1) is 22.7 Å². The van der Waals surface area contributed by atoms with E-state index in [0.29, 0.717) is 36.0 Å². The zero-order chi connectivity index (χ0) is 54.6. The van der Waals surface area contributed by atoms with Crippen LogP contribution in [0.25, 0.3) is 32.8 Å². The Morgan fingerprint density at radius 2 is 1.59 bits per heavy atom. The molecule has 6 aromatic rings. The number of hydrogen-bond acceptors (Lipinski definition) is 15. The van der Waals surface area contributed by atoms with Crippen molar-refractivity contribution in [3.05, 3.63) is 113 Å². The van der Waals surface area contributed by atoms with Crippen LogP contribution in [0.4, 0.5) is 5.13 Å². The van der Waals surface area contributed by atoms with E-state index < -0.39 is 51.3 Å². The lowest BCUT2D eigenvalue weighted by atomic mass is 9.85. The fourth-order valence-electron chi connectivity index (χ4n) is 8.33. The Balaban J connectivity index is 0.788. The molecule has 0 saturated carbocycles. The molecule has 3 atom stereocenters. The summed E-state index contributed by atoms with van der Waals surface area (Å²) in [6.07, 6.45) is 6.31. The second-order valence-corrected chi connectivity index (χ2v) is 23.0. The molecule has 1 aliphatic heterocycles. The van der Waals surface area contributed by atoms with Gasteiger partial charge in [0, 0.05) is 68.0 Å². The minimum Gasteiger partial charge on any atom is -0.476 e. The monoisotopic (exact) mass is 1090 g/mol. The van der Waals surface area contributed by atoms with Gasteiger partial charge < -0.3 is 41.3 Å². The number of aromatic nitrogens is 4. The van der Waals surface area contributed by atoms with Gasteiger partial charge in [0.25, 0.3) is 5.91 Å². The second kappa shape index (κ2) is 25.5. The number of nitrogens with zero attached hydrogens (tertiary/aromatic N) is 5. The predicted molar refractivity (Wildman–Crippen MR) is 290 cm³/mol. The van der Waals surface area contributed by atoms with Crippen molar-refractivity contribution in [1.82, 2.24) is 45.1 Å². The molecule has 6 N–H and O–H groups in total. The summed E-state index contributed by atoms with van der Waals surface area (Å²) in [5, 5.41) is 26.5. The van der Waals surface area contributed by atoms with Crippen molar-refractivity contribution in [3.8, 4) is 38.7 Å². The first-order valence-corrected chi connectivity index (χ1v) is 28.3. The molecule has 4 aromatic heterocycles. The number of anilines is 1. The number of carbonyl (C=O) groups excluding carboxylic acids is 6. The van der Waals surface area contributed by atoms with Crippen molar-refractivity contribution in [2.24, 2.45) is 5.41 Å². The van der Waals surface area contributed by atoms with Crippen molar-refractivity contribution in [2.45, 2.75) is 91.0 Å². The summed E-state index contributed by atoms with van der Waals surface area (Å²) < 4.78 is 30.1. The summed E-state index contributed by atoms with van der Waals surface area (Å²) in [5.41, 5.74) is 7.18. The van der Waals surface area contributed by atoms with E-state index in [0.717, 1.165) is 48.6 Å². The van der Waals surface area contributed by atoms with Gasteiger partial charge in [0.2, 0.25) is 45.4 Å². The van der Waals surface area contributed by atoms with E-state index in [1.807, 2.05) is 82.3 Å². The maximum atomic E-state index is 14.0. The Morgan fingerprint density at radius 3 is 2.30 bits per heavy atom. The van der Waals surface area contributed by atoms with Crippen LogP contribution in [0.5, 0.6) is 5.88 Å². The van der Waals surface area contributed by atoms with Gasteiger partial charge in [0.15, 0.2) is 5.13 Å². The number of unbranched alkanes of at least 4 members (excludes halogenated alkanes) is 2. The zero-order valence-corrected chi connectivity index (χ0v) is 45.3. The van der Waals surface area contributed by atoms with Crippen LogP contribution in [0.2, 0.25) is 0 Å². The first-order valence-electron chi connectivity index (χ1n) is 24.7. The van der Waals surface area contributed by atoms with Crippen molar-refractivity contribution < 1.29 is 47.0 Å². The molecule has 23 heteroatoms. The maximum Gasteiger partial charge on any atom is 0.253 e. The molecule has 0 aliphatic carbocycles. The van der Waals surface area contributed by atoms with E-state index in [-0.39, 0.29) is 75.3 Å². The SMILES string of the molecule is Cc1ncsc1-c1ccc(CNC(=O)[C@@H]2C[C@@H](O)CN2C(=O)[C@@H](NC(=O)CCCCCC(=O)NCCOc2cc(-c3cccc(-c4csc(NC(=O)CNC(=O)c5ccn(S(C)(=O)=O)c5)n4)c3)ccn2)C(C)(C)C)cc1. The number of benzene rings is 2. The van der Waals surface area contributed by atoms with Gasteiger partial charge >= 0.3 is 0 Å². The van der Waals surface area contributed by atoms with Crippen molar-refractivity contribution in [1.29, 1.82) is 0 Å². The summed E-state index contributed by atoms with van der Waals surface area (Å²) in [6, 6.07) is 18.6. The largest absolute Gasteiger partial charge is 0.476 e. The third-order valence-electron chi connectivity index (χ3n) is 12.4. The topological polar surface area (TPSA) is 273 Å². The highest BCUT2D eigenvalue weighted by Crippen LogP contribution is 2.31. The number of hydrogen-bond donors (Lipinski definition) is 6. The molecule has 7 rings (SSSR count). The normalized spacial score (nSPS) is 14.9. The molecule has 1 saturated heterocycles. The fourth-order valence-corrected chi connectivity index (χ4v) is 10.5. The van der Waals surface area contributed by atoms with Crippen molar-refractivity contribution in [2.75, 3.05) is 37.8 Å². The number of rotatable bonds is 23. The number of pyridine rings is 1. The molecule has 0 spiro atoms. The first-order chi connectivity index (χ1) is 36.2. The van der Waals surface area contributed by atoms with Gasteiger partial charge in [-0.2, -0.15) is 0 Å². The first kappa shape index (κ1) is 56.4. The highest BCUT2D eigenvalue weighted by molar-refractivity contribution is 7.89. The molecule has 76 heavy (non-hydrogen) atoms. The van der Waals surface area contributed by atoms with Gasteiger partial charge in [-0.3, -0.25) is 32.7 Å². The lowest BCUT2D eigenvalue weighted by Crippen LogP contribution is -2.57. The summed E-state index contributed by atoms with van der Waals surface area (Å²) >= 11 is 2.78. The van der Waals surface area contributed by atoms with Crippen LogP contribution in [0.15, 0.2) is 96.2 Å². The standard InChI is InChI=1S/C53H62N10O10S3/c1-33-47(75-32-58-33)35-16-14-34(15-17-35)27-56-50(69)42-26-40(64)30-63(42)51(70)48(53(2,3)4)60-44(66)13-8-6-7-12-43(65)54-21-23-73-46-25-37(18-20-55-46)36-10-9-11-38(24-36)41-31-74-52(59-41)61-45(67)28-57-49(68)39-19-22-62(29-39)76(5,71)72/h9-11,14-20,22,24-25,29,31-32,40,42,48,64H,6-8,12-13,21,23,26-28,30H2,1-5H3,(H,54,65)(H,56,69)(H,57,68)(H,60,66)(H,59,61,67)/t40-,42+,48-/m1/s1. The number of nitrogens with one attached hydrogen (secondary N) is 5. The minimum atomic E-state index is -3.55. The number of aliphatic hydroxyl groups excluding tert-OH is 1. The fraction of sp³-hybridized carbons (Fsp3) is 0.377. The van der Waals surface area contributed by atoms with Crippen LogP contribution in [0.1, 0.15) is 80.9 Å². The lowest BCUT2D eigenvalue weighted by molar-refractivity contribution is -0.144. The smallest absolute Gasteiger partial charge is 0.253 e.